The molecule has 0 aromatic carbocycles. The van der Waals surface area contributed by atoms with E-state index in [0.717, 1.165) is 37.9 Å². The standard InChI is InChI=1S/C17H34N2O2/c1-6-15-11-10-14(3)19(15)13-9-8-12-17(4,18-5)16(20)21-7-2/h14-15,18H,6-13H2,1-5H3. The SMILES string of the molecule is CCOC(=O)C(C)(CCCCN1C(C)CCC1CC)NC. The monoisotopic (exact) mass is 298 g/mol. The second-order valence-electron chi connectivity index (χ2n) is 6.49. The number of likely N-dealkylation sites (N-methyl/N-ethyl adjacent to an activating group) is 1. The van der Waals surface area contributed by atoms with Gasteiger partial charge in [0.25, 0.3) is 0 Å². The molecule has 0 aliphatic carbocycles. The Bertz CT molecular complexity index is 322. The highest BCUT2D eigenvalue weighted by molar-refractivity contribution is 5.80. The van der Waals surface area contributed by atoms with Crippen LogP contribution in [0.4, 0.5) is 0 Å². The molecular weight excluding hydrogens is 264 g/mol. The topological polar surface area (TPSA) is 41.6 Å². The number of ether oxygens (including phenoxy) is 1. The molecule has 0 radical (unpaired) electrons. The first kappa shape index (κ1) is 18.4. The van der Waals surface area contributed by atoms with E-state index >= 15 is 0 Å². The first-order valence-electron chi connectivity index (χ1n) is 8.60. The van der Waals surface area contributed by atoms with E-state index in [0.29, 0.717) is 6.61 Å². The molecule has 0 aromatic heterocycles. The molecule has 1 saturated heterocycles. The van der Waals surface area contributed by atoms with Crippen LogP contribution in [-0.2, 0) is 9.53 Å². The molecule has 1 fully saturated rings. The lowest BCUT2D eigenvalue weighted by atomic mass is 9.95. The third-order valence-electron chi connectivity index (χ3n) is 5.04. The number of likely N-dealkylation sites (tertiary alicyclic amines) is 1. The number of esters is 1. The molecule has 0 spiro atoms. The maximum atomic E-state index is 12.0. The zero-order chi connectivity index (χ0) is 15.9. The molecule has 4 nitrogen and oxygen atoms in total. The Morgan fingerprint density at radius 2 is 2.05 bits per heavy atom. The molecule has 3 unspecified atom stereocenters. The van der Waals surface area contributed by atoms with Crippen molar-refractivity contribution in [3.8, 4) is 0 Å². The summed E-state index contributed by atoms with van der Waals surface area (Å²) >= 11 is 0. The van der Waals surface area contributed by atoms with E-state index in [2.05, 4.69) is 24.1 Å². The maximum absolute atomic E-state index is 12.0. The lowest BCUT2D eigenvalue weighted by molar-refractivity contribution is -0.150. The fraction of sp³-hybridized carbons (Fsp3) is 0.941. The minimum atomic E-state index is -0.545. The van der Waals surface area contributed by atoms with Crippen LogP contribution in [0.25, 0.3) is 0 Å². The molecule has 0 bridgehead atoms. The zero-order valence-electron chi connectivity index (χ0n) is 14.6. The van der Waals surface area contributed by atoms with Gasteiger partial charge in [-0.2, -0.15) is 0 Å². The summed E-state index contributed by atoms with van der Waals surface area (Å²) in [7, 11) is 1.84. The van der Waals surface area contributed by atoms with Gasteiger partial charge < -0.3 is 10.1 Å². The van der Waals surface area contributed by atoms with Crippen molar-refractivity contribution in [2.24, 2.45) is 0 Å². The smallest absolute Gasteiger partial charge is 0.326 e. The highest BCUT2D eigenvalue weighted by Crippen LogP contribution is 2.26. The Labute approximate surface area is 130 Å². The molecule has 21 heavy (non-hydrogen) atoms. The minimum Gasteiger partial charge on any atom is -0.465 e. The van der Waals surface area contributed by atoms with Gasteiger partial charge in [-0.15, -0.1) is 0 Å². The average Bonchev–Trinajstić information content (AvgIpc) is 2.84. The number of carbonyl (C=O) groups is 1. The molecule has 1 aliphatic rings. The van der Waals surface area contributed by atoms with Crippen molar-refractivity contribution >= 4 is 5.97 Å². The van der Waals surface area contributed by atoms with Crippen molar-refractivity contribution in [1.82, 2.24) is 10.2 Å². The van der Waals surface area contributed by atoms with E-state index in [9.17, 15) is 4.79 Å². The quantitative estimate of drug-likeness (QED) is 0.525. The van der Waals surface area contributed by atoms with Crippen LogP contribution in [0.2, 0.25) is 0 Å². The molecule has 0 aromatic rings. The van der Waals surface area contributed by atoms with Crippen LogP contribution in [0, 0.1) is 0 Å². The largest absolute Gasteiger partial charge is 0.465 e. The third-order valence-corrected chi connectivity index (χ3v) is 5.04. The first-order valence-corrected chi connectivity index (χ1v) is 8.60. The highest BCUT2D eigenvalue weighted by atomic mass is 16.5. The third kappa shape index (κ3) is 4.96. The van der Waals surface area contributed by atoms with Gasteiger partial charge in [-0.25, -0.2) is 0 Å². The summed E-state index contributed by atoms with van der Waals surface area (Å²) in [6, 6.07) is 1.48. The number of rotatable bonds is 9. The molecule has 1 N–H and O–H groups in total. The summed E-state index contributed by atoms with van der Waals surface area (Å²) in [5, 5.41) is 3.13. The van der Waals surface area contributed by atoms with Gasteiger partial charge in [0.15, 0.2) is 0 Å². The van der Waals surface area contributed by atoms with Crippen LogP contribution < -0.4 is 5.32 Å². The minimum absolute atomic E-state index is 0.131. The fourth-order valence-corrected chi connectivity index (χ4v) is 3.36. The van der Waals surface area contributed by atoms with Crippen molar-refractivity contribution in [3.63, 3.8) is 0 Å². The van der Waals surface area contributed by atoms with Gasteiger partial charge in [-0.3, -0.25) is 9.69 Å². The van der Waals surface area contributed by atoms with E-state index in [-0.39, 0.29) is 5.97 Å². The van der Waals surface area contributed by atoms with E-state index in [1.807, 2.05) is 20.9 Å². The predicted octanol–water partition coefficient (Wildman–Crippen LogP) is 2.96. The first-order chi connectivity index (χ1) is 9.98. The van der Waals surface area contributed by atoms with Crippen LogP contribution in [0.1, 0.15) is 66.2 Å². The van der Waals surface area contributed by atoms with Gasteiger partial charge in [-0.1, -0.05) is 6.92 Å². The summed E-state index contributed by atoms with van der Waals surface area (Å²) in [5.41, 5.74) is -0.545. The summed E-state index contributed by atoms with van der Waals surface area (Å²) in [4.78, 5) is 14.7. The number of carbonyl (C=O) groups excluding carboxylic acids is 1. The maximum Gasteiger partial charge on any atom is 0.326 e. The van der Waals surface area contributed by atoms with Crippen molar-refractivity contribution < 1.29 is 9.53 Å². The fourth-order valence-electron chi connectivity index (χ4n) is 3.36. The second-order valence-corrected chi connectivity index (χ2v) is 6.49. The Kier molecular flexibility index (Phi) is 7.67. The summed E-state index contributed by atoms with van der Waals surface area (Å²) in [6.45, 7) is 10.0. The number of unbranched alkanes of at least 4 members (excludes halogenated alkanes) is 1. The van der Waals surface area contributed by atoms with Crippen LogP contribution >= 0.6 is 0 Å². The van der Waals surface area contributed by atoms with Gasteiger partial charge in [0.1, 0.15) is 5.54 Å². The Morgan fingerprint density at radius 3 is 2.62 bits per heavy atom. The Morgan fingerprint density at radius 1 is 1.33 bits per heavy atom. The van der Waals surface area contributed by atoms with Crippen LogP contribution in [0.15, 0.2) is 0 Å². The van der Waals surface area contributed by atoms with E-state index in [1.165, 1.54) is 19.3 Å². The predicted molar refractivity (Wildman–Crippen MR) is 87.4 cm³/mol. The van der Waals surface area contributed by atoms with E-state index in [4.69, 9.17) is 4.74 Å². The summed E-state index contributed by atoms with van der Waals surface area (Å²) in [5.74, 6) is -0.131. The number of nitrogens with zero attached hydrogens (tertiary/aromatic N) is 1. The van der Waals surface area contributed by atoms with Crippen molar-refractivity contribution in [1.29, 1.82) is 0 Å². The Hall–Kier alpha value is -0.610. The van der Waals surface area contributed by atoms with E-state index < -0.39 is 5.54 Å². The molecule has 0 saturated carbocycles. The lowest BCUT2D eigenvalue weighted by Gasteiger charge is -2.29. The summed E-state index contributed by atoms with van der Waals surface area (Å²) < 4.78 is 5.17. The van der Waals surface area contributed by atoms with E-state index in [1.54, 1.807) is 0 Å². The van der Waals surface area contributed by atoms with Crippen LogP contribution in [0.5, 0.6) is 0 Å². The number of hydrogen-bond acceptors (Lipinski definition) is 4. The van der Waals surface area contributed by atoms with Gasteiger partial charge in [0.05, 0.1) is 6.61 Å². The van der Waals surface area contributed by atoms with Crippen molar-refractivity contribution in [2.75, 3.05) is 20.2 Å². The molecule has 0 amide bonds. The number of hydrogen-bond donors (Lipinski definition) is 1. The average molecular weight is 298 g/mol. The molecule has 4 heteroatoms. The van der Waals surface area contributed by atoms with Gasteiger partial charge in [0.2, 0.25) is 0 Å². The summed E-state index contributed by atoms with van der Waals surface area (Å²) in [6.07, 6.45) is 6.96. The van der Waals surface area contributed by atoms with Gasteiger partial charge in [0, 0.05) is 12.1 Å². The van der Waals surface area contributed by atoms with Gasteiger partial charge in [-0.05, 0) is 72.9 Å². The highest BCUT2D eigenvalue weighted by Gasteiger charge is 2.33. The molecule has 1 aliphatic heterocycles. The van der Waals surface area contributed by atoms with Crippen LogP contribution in [0.3, 0.4) is 0 Å². The molecule has 124 valence electrons. The second kappa shape index (κ2) is 8.74. The molecule has 1 rings (SSSR count). The molecular formula is C17H34N2O2. The molecule has 1 heterocycles. The molecule has 3 atom stereocenters. The van der Waals surface area contributed by atoms with Crippen LogP contribution in [-0.4, -0.2) is 48.7 Å². The van der Waals surface area contributed by atoms with Gasteiger partial charge >= 0.3 is 5.97 Å². The zero-order valence-corrected chi connectivity index (χ0v) is 14.6. The Balaban J connectivity index is 2.36. The lowest BCUT2D eigenvalue weighted by Crippen LogP contribution is -2.48. The van der Waals surface area contributed by atoms with Crippen molar-refractivity contribution in [2.45, 2.75) is 83.8 Å². The normalized spacial score (nSPS) is 25.8. The number of nitrogens with one attached hydrogen (secondary N) is 1. The van der Waals surface area contributed by atoms with Crippen molar-refractivity contribution in [3.05, 3.63) is 0 Å².